The van der Waals surface area contributed by atoms with E-state index in [9.17, 15) is 9.59 Å². The summed E-state index contributed by atoms with van der Waals surface area (Å²) in [7, 11) is 1.28. The van der Waals surface area contributed by atoms with E-state index in [1.165, 1.54) is 12.0 Å². The number of hydrogen-bond donors (Lipinski definition) is 1. The Kier molecular flexibility index (Phi) is 3.33. The molecular formula is C13H16N2O4. The number of ether oxygens (including phenoxy) is 2. The second-order valence-electron chi connectivity index (χ2n) is 4.36. The van der Waals surface area contributed by atoms with Crippen LogP contribution in [0.15, 0.2) is 18.2 Å². The van der Waals surface area contributed by atoms with Crippen LogP contribution >= 0.6 is 0 Å². The van der Waals surface area contributed by atoms with Gasteiger partial charge in [0.15, 0.2) is 6.10 Å². The van der Waals surface area contributed by atoms with E-state index in [0.717, 1.165) is 0 Å². The first kappa shape index (κ1) is 13.2. The number of anilines is 2. The van der Waals surface area contributed by atoms with Crippen LogP contribution in [0, 0.1) is 0 Å². The van der Waals surface area contributed by atoms with E-state index in [2.05, 4.69) is 4.74 Å². The van der Waals surface area contributed by atoms with Crippen LogP contribution in [0.5, 0.6) is 5.75 Å². The lowest BCUT2D eigenvalue weighted by Gasteiger charge is -2.36. The number of methoxy groups -OCH3 is 1. The van der Waals surface area contributed by atoms with Crippen molar-refractivity contribution < 1.29 is 19.1 Å². The van der Waals surface area contributed by atoms with E-state index in [4.69, 9.17) is 10.5 Å². The number of rotatable bonds is 2. The molecule has 102 valence electrons. The number of amides is 1. The van der Waals surface area contributed by atoms with Crippen molar-refractivity contribution in [1.29, 1.82) is 0 Å². The van der Waals surface area contributed by atoms with Crippen LogP contribution in [0.25, 0.3) is 0 Å². The Morgan fingerprint density at radius 1 is 1.53 bits per heavy atom. The molecule has 0 aliphatic carbocycles. The predicted molar refractivity (Wildman–Crippen MR) is 69.9 cm³/mol. The minimum absolute atomic E-state index is 0.316. The zero-order chi connectivity index (χ0) is 14.2. The van der Waals surface area contributed by atoms with Crippen molar-refractivity contribution in [1.82, 2.24) is 0 Å². The number of nitrogen functional groups attached to an aromatic ring is 1. The third-order valence-corrected chi connectivity index (χ3v) is 3.09. The fourth-order valence-corrected chi connectivity index (χ4v) is 2.10. The summed E-state index contributed by atoms with van der Waals surface area (Å²) in [6.07, 6.45) is -0.665. The lowest BCUT2D eigenvalue weighted by atomic mass is 10.1. The molecule has 0 bridgehead atoms. The zero-order valence-electron chi connectivity index (χ0n) is 11.0. The van der Waals surface area contributed by atoms with Gasteiger partial charge >= 0.3 is 5.97 Å². The van der Waals surface area contributed by atoms with Crippen molar-refractivity contribution in [2.45, 2.75) is 26.0 Å². The zero-order valence-corrected chi connectivity index (χ0v) is 11.0. The van der Waals surface area contributed by atoms with Crippen molar-refractivity contribution in [3.63, 3.8) is 0 Å². The molecule has 19 heavy (non-hydrogen) atoms. The molecule has 2 N–H and O–H groups in total. The summed E-state index contributed by atoms with van der Waals surface area (Å²) in [6, 6.07) is 4.35. The molecule has 0 radical (unpaired) electrons. The summed E-state index contributed by atoms with van der Waals surface area (Å²) in [5, 5.41) is 0. The maximum atomic E-state index is 12.2. The Hall–Kier alpha value is -2.24. The third-order valence-electron chi connectivity index (χ3n) is 3.09. The highest BCUT2D eigenvalue weighted by Gasteiger charge is 2.38. The van der Waals surface area contributed by atoms with Crippen LogP contribution in [0.2, 0.25) is 0 Å². The van der Waals surface area contributed by atoms with Gasteiger partial charge in [-0.15, -0.1) is 0 Å². The summed E-state index contributed by atoms with van der Waals surface area (Å²) in [5.41, 5.74) is 6.70. The van der Waals surface area contributed by atoms with Crippen LogP contribution in [0.1, 0.15) is 13.8 Å². The van der Waals surface area contributed by atoms with E-state index in [0.29, 0.717) is 17.1 Å². The Labute approximate surface area is 111 Å². The van der Waals surface area contributed by atoms with Gasteiger partial charge in [0.1, 0.15) is 17.5 Å². The minimum Gasteiger partial charge on any atom is -0.479 e. The van der Waals surface area contributed by atoms with Gasteiger partial charge in [-0.3, -0.25) is 9.69 Å². The summed E-state index contributed by atoms with van der Waals surface area (Å²) in [5.74, 6) is -0.331. The molecule has 2 atom stereocenters. The summed E-state index contributed by atoms with van der Waals surface area (Å²) < 4.78 is 10.2. The second-order valence-corrected chi connectivity index (χ2v) is 4.36. The monoisotopic (exact) mass is 264 g/mol. The normalized spacial score (nSPS) is 19.4. The first-order chi connectivity index (χ1) is 8.97. The molecule has 1 aliphatic rings. The van der Waals surface area contributed by atoms with Gasteiger partial charge in [-0.05, 0) is 26.0 Å². The van der Waals surface area contributed by atoms with E-state index in [-0.39, 0.29) is 5.91 Å². The van der Waals surface area contributed by atoms with E-state index in [1.807, 2.05) is 0 Å². The summed E-state index contributed by atoms with van der Waals surface area (Å²) >= 11 is 0. The molecule has 6 heteroatoms. The predicted octanol–water partition coefficient (Wildman–Crippen LogP) is 0.944. The second kappa shape index (κ2) is 4.79. The molecule has 2 unspecified atom stereocenters. The molecule has 1 aromatic carbocycles. The lowest BCUT2D eigenvalue weighted by molar-refractivity contribution is -0.143. The van der Waals surface area contributed by atoms with Crippen molar-refractivity contribution in [2.24, 2.45) is 0 Å². The minimum atomic E-state index is -0.757. The highest BCUT2D eigenvalue weighted by Crippen LogP contribution is 2.39. The Morgan fingerprint density at radius 2 is 2.21 bits per heavy atom. The number of hydrogen-bond acceptors (Lipinski definition) is 5. The van der Waals surface area contributed by atoms with Gasteiger partial charge in [0.2, 0.25) is 0 Å². The number of nitrogens with zero attached hydrogens (tertiary/aromatic N) is 1. The average molecular weight is 264 g/mol. The van der Waals surface area contributed by atoms with E-state index >= 15 is 0 Å². The number of esters is 1. The standard InChI is InChI=1S/C13H16N2O4/c1-7(13(17)18-3)15-11-9(14)5-4-6-10(11)19-8(2)12(15)16/h4-8H,14H2,1-3H3. The Morgan fingerprint density at radius 3 is 2.84 bits per heavy atom. The highest BCUT2D eigenvalue weighted by atomic mass is 16.5. The molecule has 0 spiro atoms. The van der Waals surface area contributed by atoms with Gasteiger partial charge in [0.05, 0.1) is 12.8 Å². The molecule has 1 aromatic rings. The molecule has 1 amide bonds. The Balaban J connectivity index is 2.53. The number of benzene rings is 1. The number of carbonyl (C=O) groups excluding carboxylic acids is 2. The molecule has 1 aliphatic heterocycles. The molecule has 0 fully saturated rings. The Bertz CT molecular complexity index is 529. The highest BCUT2D eigenvalue weighted by molar-refractivity contribution is 6.06. The van der Waals surface area contributed by atoms with Gasteiger partial charge < -0.3 is 15.2 Å². The van der Waals surface area contributed by atoms with E-state index < -0.39 is 18.1 Å². The number of para-hydroxylation sites is 1. The maximum absolute atomic E-state index is 12.2. The lowest BCUT2D eigenvalue weighted by Crippen LogP contribution is -2.52. The first-order valence-corrected chi connectivity index (χ1v) is 5.93. The fourth-order valence-electron chi connectivity index (χ4n) is 2.10. The first-order valence-electron chi connectivity index (χ1n) is 5.93. The van der Waals surface area contributed by atoms with Crippen LogP contribution in [-0.4, -0.2) is 31.1 Å². The van der Waals surface area contributed by atoms with Gasteiger partial charge in [-0.25, -0.2) is 4.79 Å². The topological polar surface area (TPSA) is 81.9 Å². The smallest absolute Gasteiger partial charge is 0.328 e. The largest absolute Gasteiger partial charge is 0.479 e. The van der Waals surface area contributed by atoms with Gasteiger partial charge in [0, 0.05) is 0 Å². The van der Waals surface area contributed by atoms with Gasteiger partial charge in [0.25, 0.3) is 5.91 Å². The number of fused-ring (bicyclic) bond motifs is 1. The van der Waals surface area contributed by atoms with Crippen LogP contribution in [-0.2, 0) is 14.3 Å². The molecule has 0 aromatic heterocycles. The van der Waals surface area contributed by atoms with Gasteiger partial charge in [-0.1, -0.05) is 6.07 Å². The molecular weight excluding hydrogens is 248 g/mol. The molecule has 1 heterocycles. The third kappa shape index (κ3) is 2.09. The summed E-state index contributed by atoms with van der Waals surface area (Å²) in [4.78, 5) is 25.3. The molecule has 2 rings (SSSR count). The number of carbonyl (C=O) groups is 2. The van der Waals surface area contributed by atoms with Crippen molar-refractivity contribution in [3.05, 3.63) is 18.2 Å². The van der Waals surface area contributed by atoms with Gasteiger partial charge in [-0.2, -0.15) is 0 Å². The van der Waals surface area contributed by atoms with Crippen LogP contribution < -0.4 is 15.4 Å². The van der Waals surface area contributed by atoms with Crippen molar-refractivity contribution in [2.75, 3.05) is 17.7 Å². The van der Waals surface area contributed by atoms with Crippen molar-refractivity contribution in [3.8, 4) is 5.75 Å². The SMILES string of the molecule is COC(=O)C(C)N1C(=O)C(C)Oc2cccc(N)c21. The summed E-state index contributed by atoms with van der Waals surface area (Å²) in [6.45, 7) is 3.23. The van der Waals surface area contributed by atoms with Crippen molar-refractivity contribution >= 4 is 23.3 Å². The fraction of sp³-hybridized carbons (Fsp3) is 0.385. The molecule has 0 saturated carbocycles. The average Bonchev–Trinajstić information content (AvgIpc) is 2.39. The maximum Gasteiger partial charge on any atom is 0.328 e. The van der Waals surface area contributed by atoms with Crippen LogP contribution in [0.4, 0.5) is 11.4 Å². The number of nitrogens with two attached hydrogens (primary N) is 1. The molecule has 0 saturated heterocycles. The molecule has 6 nitrogen and oxygen atoms in total. The van der Waals surface area contributed by atoms with E-state index in [1.54, 1.807) is 32.0 Å². The van der Waals surface area contributed by atoms with Crippen LogP contribution in [0.3, 0.4) is 0 Å². The quantitative estimate of drug-likeness (QED) is 0.635.